The Morgan fingerprint density at radius 1 is 1.52 bits per heavy atom. The maximum Gasteiger partial charge on any atom is 0.340 e. The molecular weight excluding hydrogens is 290 g/mol. The molecule has 0 bridgehead atoms. The second kappa shape index (κ2) is 6.11. The molecule has 2 rings (SSSR count). The number of nitrogens with zero attached hydrogens (tertiary/aromatic N) is 2. The van der Waals surface area contributed by atoms with Crippen molar-refractivity contribution in [3.05, 3.63) is 11.3 Å². The summed E-state index contributed by atoms with van der Waals surface area (Å²) in [7, 11) is 1.65. The third-order valence-electron chi connectivity index (χ3n) is 4.09. The molecule has 0 saturated carbocycles. The molecule has 1 saturated heterocycles. The van der Waals surface area contributed by atoms with Crippen LogP contribution in [0.4, 0.5) is 5.00 Å². The standard InChI is InChI=1S/C14H21N3O3S/c1-4-5-14(6-7-15-8-14)13(20)17(3)11-10(12(18)19)9(2)16-21-11/h15H,4-8H2,1-3H3,(H,18,19). The van der Waals surface area contributed by atoms with Crippen molar-refractivity contribution >= 4 is 28.4 Å². The molecule has 1 fully saturated rings. The Balaban J connectivity index is 2.33. The lowest BCUT2D eigenvalue weighted by atomic mass is 9.81. The van der Waals surface area contributed by atoms with Crippen LogP contribution in [0.2, 0.25) is 0 Å². The number of amides is 1. The molecule has 0 aromatic carbocycles. The summed E-state index contributed by atoms with van der Waals surface area (Å²) in [5.41, 5.74) is 0.168. The van der Waals surface area contributed by atoms with E-state index in [-0.39, 0.29) is 11.5 Å². The number of hydrogen-bond acceptors (Lipinski definition) is 5. The minimum Gasteiger partial charge on any atom is -0.478 e. The number of carboxylic acid groups (broad SMARTS) is 1. The molecule has 1 aliphatic heterocycles. The average molecular weight is 311 g/mol. The normalized spacial score (nSPS) is 21.5. The first-order valence-electron chi connectivity index (χ1n) is 7.11. The van der Waals surface area contributed by atoms with E-state index in [1.807, 2.05) is 0 Å². The lowest BCUT2D eigenvalue weighted by Crippen LogP contribution is -2.43. The van der Waals surface area contributed by atoms with Gasteiger partial charge in [0.1, 0.15) is 10.6 Å². The molecule has 1 aliphatic rings. The fraction of sp³-hybridized carbons (Fsp3) is 0.643. The number of nitrogens with one attached hydrogen (secondary N) is 1. The van der Waals surface area contributed by atoms with E-state index in [0.29, 0.717) is 17.2 Å². The van der Waals surface area contributed by atoms with Crippen LogP contribution < -0.4 is 10.2 Å². The Hall–Kier alpha value is -1.47. The Labute approximate surface area is 128 Å². The molecule has 2 heterocycles. The highest BCUT2D eigenvalue weighted by Crippen LogP contribution is 2.37. The Bertz CT molecular complexity index is 550. The number of aryl methyl sites for hydroxylation is 1. The highest BCUT2D eigenvalue weighted by Gasteiger charge is 2.43. The van der Waals surface area contributed by atoms with E-state index < -0.39 is 11.4 Å². The van der Waals surface area contributed by atoms with Gasteiger partial charge < -0.3 is 15.3 Å². The van der Waals surface area contributed by atoms with Crippen LogP contribution in [0.25, 0.3) is 0 Å². The summed E-state index contributed by atoms with van der Waals surface area (Å²) in [6.45, 7) is 5.20. The molecule has 21 heavy (non-hydrogen) atoms. The van der Waals surface area contributed by atoms with E-state index in [2.05, 4.69) is 16.6 Å². The number of rotatable bonds is 5. The zero-order chi connectivity index (χ0) is 15.6. The predicted octanol–water partition coefficient (Wildman–Crippen LogP) is 1.89. The first kappa shape index (κ1) is 15.9. The average Bonchev–Trinajstić information content (AvgIpc) is 3.05. The Morgan fingerprint density at radius 2 is 2.24 bits per heavy atom. The van der Waals surface area contributed by atoms with Crippen LogP contribution in [0, 0.1) is 12.3 Å². The van der Waals surface area contributed by atoms with Crippen molar-refractivity contribution in [2.75, 3.05) is 25.0 Å². The number of aromatic nitrogens is 1. The molecule has 7 heteroatoms. The van der Waals surface area contributed by atoms with Gasteiger partial charge in [-0.2, -0.15) is 4.37 Å². The van der Waals surface area contributed by atoms with Gasteiger partial charge in [0.15, 0.2) is 0 Å². The van der Waals surface area contributed by atoms with Gasteiger partial charge in [0, 0.05) is 13.6 Å². The van der Waals surface area contributed by atoms with E-state index in [9.17, 15) is 14.7 Å². The van der Waals surface area contributed by atoms with Gasteiger partial charge in [0.2, 0.25) is 5.91 Å². The van der Waals surface area contributed by atoms with Gasteiger partial charge in [-0.05, 0) is 37.8 Å². The Morgan fingerprint density at radius 3 is 2.76 bits per heavy atom. The summed E-state index contributed by atoms with van der Waals surface area (Å²) >= 11 is 1.07. The van der Waals surface area contributed by atoms with Crippen LogP contribution in [0.3, 0.4) is 0 Å². The number of carboxylic acids is 1. The fourth-order valence-electron chi connectivity index (χ4n) is 3.01. The minimum atomic E-state index is -1.04. The van der Waals surface area contributed by atoms with E-state index in [1.165, 1.54) is 4.90 Å². The Kier molecular flexibility index (Phi) is 4.63. The fourth-order valence-corrected chi connectivity index (χ4v) is 3.85. The van der Waals surface area contributed by atoms with Gasteiger partial charge in [-0.1, -0.05) is 13.3 Å². The molecular formula is C14H21N3O3S. The summed E-state index contributed by atoms with van der Waals surface area (Å²) in [6.07, 6.45) is 2.53. The molecule has 0 radical (unpaired) electrons. The molecule has 1 aromatic heterocycles. The van der Waals surface area contributed by atoms with Crippen LogP contribution >= 0.6 is 11.5 Å². The van der Waals surface area contributed by atoms with Gasteiger partial charge in [0.25, 0.3) is 0 Å². The lowest BCUT2D eigenvalue weighted by molar-refractivity contribution is -0.127. The molecule has 1 atom stereocenters. The smallest absolute Gasteiger partial charge is 0.340 e. The summed E-state index contributed by atoms with van der Waals surface area (Å²) in [6, 6.07) is 0. The SMILES string of the molecule is CCCC1(C(=O)N(C)c2snc(C)c2C(=O)O)CCNC1. The molecule has 1 amide bonds. The van der Waals surface area contributed by atoms with Crippen molar-refractivity contribution in [2.45, 2.75) is 33.1 Å². The molecule has 2 N–H and O–H groups in total. The molecule has 1 aromatic rings. The first-order valence-corrected chi connectivity index (χ1v) is 7.88. The number of carbonyl (C=O) groups excluding carboxylic acids is 1. The summed E-state index contributed by atoms with van der Waals surface area (Å²) < 4.78 is 4.09. The monoisotopic (exact) mass is 311 g/mol. The summed E-state index contributed by atoms with van der Waals surface area (Å²) in [5, 5.41) is 13.0. The third-order valence-corrected chi connectivity index (χ3v) is 5.11. The quantitative estimate of drug-likeness (QED) is 0.868. The van der Waals surface area contributed by atoms with Gasteiger partial charge in [-0.25, -0.2) is 4.79 Å². The van der Waals surface area contributed by atoms with Crippen molar-refractivity contribution in [3.8, 4) is 0 Å². The molecule has 116 valence electrons. The van der Waals surface area contributed by atoms with Crippen molar-refractivity contribution in [1.82, 2.24) is 9.69 Å². The van der Waals surface area contributed by atoms with Gasteiger partial charge >= 0.3 is 5.97 Å². The van der Waals surface area contributed by atoms with Crippen molar-refractivity contribution in [1.29, 1.82) is 0 Å². The predicted molar refractivity (Wildman–Crippen MR) is 82.0 cm³/mol. The first-order chi connectivity index (χ1) is 9.93. The molecule has 0 spiro atoms. The van der Waals surface area contributed by atoms with E-state index in [0.717, 1.165) is 37.3 Å². The number of hydrogen-bond donors (Lipinski definition) is 2. The van der Waals surface area contributed by atoms with Gasteiger partial charge in [0.05, 0.1) is 11.1 Å². The molecule has 6 nitrogen and oxygen atoms in total. The maximum absolute atomic E-state index is 12.9. The summed E-state index contributed by atoms with van der Waals surface area (Å²) in [4.78, 5) is 25.8. The maximum atomic E-state index is 12.9. The van der Waals surface area contributed by atoms with E-state index in [4.69, 9.17) is 0 Å². The van der Waals surface area contributed by atoms with Crippen molar-refractivity contribution < 1.29 is 14.7 Å². The summed E-state index contributed by atoms with van der Waals surface area (Å²) in [5.74, 6) is -1.05. The van der Waals surface area contributed by atoms with Crippen molar-refractivity contribution in [3.63, 3.8) is 0 Å². The van der Waals surface area contributed by atoms with Crippen LogP contribution in [0.1, 0.15) is 42.2 Å². The van der Waals surface area contributed by atoms with Crippen LogP contribution in [-0.4, -0.2) is 41.5 Å². The second-order valence-electron chi connectivity index (χ2n) is 5.57. The lowest BCUT2D eigenvalue weighted by Gasteiger charge is -2.31. The third kappa shape index (κ3) is 2.80. The number of carbonyl (C=O) groups is 2. The molecule has 0 aliphatic carbocycles. The van der Waals surface area contributed by atoms with Gasteiger partial charge in [-0.15, -0.1) is 0 Å². The molecule has 1 unspecified atom stereocenters. The second-order valence-corrected chi connectivity index (χ2v) is 6.33. The van der Waals surface area contributed by atoms with Crippen LogP contribution in [0.15, 0.2) is 0 Å². The van der Waals surface area contributed by atoms with Gasteiger partial charge in [-0.3, -0.25) is 4.79 Å². The zero-order valence-corrected chi connectivity index (χ0v) is 13.4. The minimum absolute atomic E-state index is 0.0134. The highest BCUT2D eigenvalue weighted by molar-refractivity contribution is 7.11. The van der Waals surface area contributed by atoms with E-state index >= 15 is 0 Å². The highest BCUT2D eigenvalue weighted by atomic mass is 32.1. The zero-order valence-electron chi connectivity index (χ0n) is 12.6. The van der Waals surface area contributed by atoms with Crippen LogP contribution in [0.5, 0.6) is 0 Å². The largest absolute Gasteiger partial charge is 0.478 e. The number of anilines is 1. The van der Waals surface area contributed by atoms with Crippen molar-refractivity contribution in [2.24, 2.45) is 5.41 Å². The topological polar surface area (TPSA) is 82.5 Å². The van der Waals surface area contributed by atoms with Crippen LogP contribution in [-0.2, 0) is 4.79 Å². The van der Waals surface area contributed by atoms with E-state index in [1.54, 1.807) is 14.0 Å². The number of aromatic carboxylic acids is 1.